The van der Waals surface area contributed by atoms with Crippen LogP contribution < -0.4 is 5.32 Å². The highest BCUT2D eigenvalue weighted by Crippen LogP contribution is 2.38. The van der Waals surface area contributed by atoms with Gasteiger partial charge in [-0.1, -0.05) is 49.9 Å². The molecule has 2 aromatic rings. The standard InChI is InChI=1S/C21H22ClNO3/c1-21(11-3-2-4-12-21)15-7-5-14(6-8-15)19(24)23-18-10-9-16(22)13-17(18)20(25)26/h5-10,13H,2-4,11-12H2,1H3,(H,23,24)(H,25,26). The van der Waals surface area contributed by atoms with Gasteiger partial charge in [-0.2, -0.15) is 0 Å². The lowest BCUT2D eigenvalue weighted by atomic mass is 9.71. The van der Waals surface area contributed by atoms with Gasteiger partial charge in [0.25, 0.3) is 5.91 Å². The Labute approximate surface area is 158 Å². The minimum absolute atomic E-state index is 0.0304. The normalized spacial score (nSPS) is 16.1. The van der Waals surface area contributed by atoms with Gasteiger partial charge in [0.05, 0.1) is 11.3 Å². The molecule has 1 fully saturated rings. The molecule has 1 amide bonds. The zero-order chi connectivity index (χ0) is 18.7. The van der Waals surface area contributed by atoms with E-state index in [4.69, 9.17) is 11.6 Å². The van der Waals surface area contributed by atoms with E-state index in [9.17, 15) is 14.7 Å². The summed E-state index contributed by atoms with van der Waals surface area (Å²) in [5.41, 5.74) is 2.14. The Bertz CT molecular complexity index is 824. The van der Waals surface area contributed by atoms with Gasteiger partial charge >= 0.3 is 5.97 Å². The molecule has 3 rings (SSSR count). The maximum absolute atomic E-state index is 12.5. The molecule has 1 saturated carbocycles. The number of aromatic carboxylic acids is 1. The van der Waals surface area contributed by atoms with Crippen LogP contribution in [0.2, 0.25) is 5.02 Å². The van der Waals surface area contributed by atoms with Crippen LogP contribution in [-0.2, 0) is 5.41 Å². The molecule has 0 bridgehead atoms. The Morgan fingerprint density at radius 2 is 1.69 bits per heavy atom. The number of hydrogen-bond donors (Lipinski definition) is 2. The molecule has 0 unspecified atom stereocenters. The van der Waals surface area contributed by atoms with Gasteiger partial charge in [0, 0.05) is 10.6 Å². The fourth-order valence-electron chi connectivity index (χ4n) is 3.64. The summed E-state index contributed by atoms with van der Waals surface area (Å²) in [6.07, 6.45) is 6.13. The number of carbonyl (C=O) groups excluding carboxylic acids is 1. The monoisotopic (exact) mass is 371 g/mol. The Balaban J connectivity index is 1.78. The van der Waals surface area contributed by atoms with E-state index in [2.05, 4.69) is 12.2 Å². The molecule has 0 aromatic heterocycles. The lowest BCUT2D eigenvalue weighted by Crippen LogP contribution is -2.25. The SMILES string of the molecule is CC1(c2ccc(C(=O)Nc3ccc(Cl)cc3C(=O)O)cc2)CCCCC1. The molecule has 0 saturated heterocycles. The van der Waals surface area contributed by atoms with Crippen molar-refractivity contribution in [2.24, 2.45) is 0 Å². The summed E-state index contributed by atoms with van der Waals surface area (Å²) in [6, 6.07) is 12.0. The fourth-order valence-corrected chi connectivity index (χ4v) is 3.81. The molecule has 26 heavy (non-hydrogen) atoms. The smallest absolute Gasteiger partial charge is 0.337 e. The van der Waals surface area contributed by atoms with E-state index in [1.165, 1.54) is 49.8 Å². The largest absolute Gasteiger partial charge is 0.478 e. The van der Waals surface area contributed by atoms with Gasteiger partial charge in [-0.05, 0) is 54.2 Å². The van der Waals surface area contributed by atoms with Crippen LogP contribution in [0.25, 0.3) is 0 Å². The van der Waals surface area contributed by atoms with E-state index in [1.807, 2.05) is 12.1 Å². The van der Waals surface area contributed by atoms with Gasteiger partial charge in [0.1, 0.15) is 0 Å². The first-order chi connectivity index (χ1) is 12.4. The van der Waals surface area contributed by atoms with Crippen LogP contribution in [0.5, 0.6) is 0 Å². The molecule has 0 aliphatic heterocycles. The van der Waals surface area contributed by atoms with E-state index in [0.717, 1.165) is 0 Å². The number of nitrogens with one attached hydrogen (secondary N) is 1. The van der Waals surface area contributed by atoms with Crippen molar-refractivity contribution in [2.45, 2.75) is 44.4 Å². The number of benzene rings is 2. The summed E-state index contributed by atoms with van der Waals surface area (Å²) in [5, 5.41) is 12.2. The first kappa shape index (κ1) is 18.5. The van der Waals surface area contributed by atoms with E-state index in [-0.39, 0.29) is 22.6 Å². The summed E-state index contributed by atoms with van der Waals surface area (Å²) >= 11 is 5.84. The maximum atomic E-state index is 12.5. The highest BCUT2D eigenvalue weighted by molar-refractivity contribution is 6.31. The number of rotatable bonds is 4. The van der Waals surface area contributed by atoms with Crippen LogP contribution in [0.4, 0.5) is 5.69 Å². The quantitative estimate of drug-likeness (QED) is 0.744. The minimum Gasteiger partial charge on any atom is -0.478 e. The molecule has 1 aliphatic carbocycles. The predicted octanol–water partition coefficient (Wildman–Crippen LogP) is 5.51. The second-order valence-electron chi connectivity index (χ2n) is 7.15. The number of halogens is 1. The van der Waals surface area contributed by atoms with E-state index in [1.54, 1.807) is 18.2 Å². The summed E-state index contributed by atoms with van der Waals surface area (Å²) in [4.78, 5) is 23.8. The van der Waals surface area contributed by atoms with Gasteiger partial charge in [0.2, 0.25) is 0 Å². The summed E-state index contributed by atoms with van der Waals surface area (Å²) in [6.45, 7) is 2.29. The summed E-state index contributed by atoms with van der Waals surface area (Å²) in [5.74, 6) is -1.47. The van der Waals surface area contributed by atoms with Crippen molar-refractivity contribution in [2.75, 3.05) is 5.32 Å². The third-order valence-corrected chi connectivity index (χ3v) is 5.50. The van der Waals surface area contributed by atoms with Crippen LogP contribution >= 0.6 is 11.6 Å². The Morgan fingerprint density at radius 1 is 1.04 bits per heavy atom. The van der Waals surface area contributed by atoms with Crippen molar-refractivity contribution >= 4 is 29.2 Å². The third-order valence-electron chi connectivity index (χ3n) is 5.26. The average Bonchev–Trinajstić information content (AvgIpc) is 2.63. The molecule has 2 aromatic carbocycles. The van der Waals surface area contributed by atoms with E-state index in [0.29, 0.717) is 10.6 Å². The maximum Gasteiger partial charge on any atom is 0.337 e. The third kappa shape index (κ3) is 3.91. The summed E-state index contributed by atoms with van der Waals surface area (Å²) in [7, 11) is 0. The van der Waals surface area contributed by atoms with Gasteiger partial charge in [-0.25, -0.2) is 4.79 Å². The molecule has 0 atom stereocenters. The van der Waals surface area contributed by atoms with Crippen molar-refractivity contribution in [1.29, 1.82) is 0 Å². The van der Waals surface area contributed by atoms with Gasteiger partial charge in [-0.15, -0.1) is 0 Å². The second kappa shape index (κ2) is 7.50. The lowest BCUT2D eigenvalue weighted by molar-refractivity contribution is 0.0698. The van der Waals surface area contributed by atoms with Gasteiger partial charge in [0.15, 0.2) is 0 Å². The van der Waals surface area contributed by atoms with E-state index >= 15 is 0 Å². The van der Waals surface area contributed by atoms with Crippen molar-refractivity contribution in [1.82, 2.24) is 0 Å². The van der Waals surface area contributed by atoms with Crippen molar-refractivity contribution in [3.63, 3.8) is 0 Å². The number of carboxylic acids is 1. The van der Waals surface area contributed by atoms with Crippen molar-refractivity contribution in [3.05, 3.63) is 64.2 Å². The highest BCUT2D eigenvalue weighted by Gasteiger charge is 2.28. The topological polar surface area (TPSA) is 66.4 Å². The average molecular weight is 372 g/mol. The fraction of sp³-hybridized carbons (Fsp3) is 0.333. The van der Waals surface area contributed by atoms with Gasteiger partial charge < -0.3 is 10.4 Å². The van der Waals surface area contributed by atoms with Crippen molar-refractivity contribution < 1.29 is 14.7 Å². The molecule has 2 N–H and O–H groups in total. The highest BCUT2D eigenvalue weighted by atomic mass is 35.5. The number of carboxylic acid groups (broad SMARTS) is 1. The Hall–Kier alpha value is -2.33. The molecule has 1 aliphatic rings. The first-order valence-corrected chi connectivity index (χ1v) is 9.22. The molecule has 0 radical (unpaired) electrons. The molecule has 136 valence electrons. The minimum atomic E-state index is -1.14. The second-order valence-corrected chi connectivity index (χ2v) is 7.58. The molecule has 5 heteroatoms. The Kier molecular flexibility index (Phi) is 5.33. The molecule has 0 spiro atoms. The van der Waals surface area contributed by atoms with Crippen LogP contribution in [0, 0.1) is 0 Å². The lowest BCUT2D eigenvalue weighted by Gasteiger charge is -2.34. The van der Waals surface area contributed by atoms with Crippen LogP contribution in [0.3, 0.4) is 0 Å². The van der Waals surface area contributed by atoms with E-state index < -0.39 is 5.97 Å². The van der Waals surface area contributed by atoms with Crippen LogP contribution in [-0.4, -0.2) is 17.0 Å². The molecular formula is C21H22ClNO3. The number of carbonyl (C=O) groups is 2. The number of hydrogen-bond acceptors (Lipinski definition) is 2. The summed E-state index contributed by atoms with van der Waals surface area (Å²) < 4.78 is 0. The van der Waals surface area contributed by atoms with Crippen LogP contribution in [0.15, 0.2) is 42.5 Å². The van der Waals surface area contributed by atoms with Gasteiger partial charge in [-0.3, -0.25) is 4.79 Å². The van der Waals surface area contributed by atoms with Crippen molar-refractivity contribution in [3.8, 4) is 0 Å². The number of amides is 1. The Morgan fingerprint density at radius 3 is 2.31 bits per heavy atom. The zero-order valence-corrected chi connectivity index (χ0v) is 15.5. The molecule has 0 heterocycles. The molecular weight excluding hydrogens is 350 g/mol. The zero-order valence-electron chi connectivity index (χ0n) is 14.7. The predicted molar refractivity (Wildman–Crippen MR) is 103 cm³/mol. The van der Waals surface area contributed by atoms with Crippen LogP contribution in [0.1, 0.15) is 65.3 Å². The molecule has 4 nitrogen and oxygen atoms in total. The number of anilines is 1. The first-order valence-electron chi connectivity index (χ1n) is 8.84.